The Labute approximate surface area is 333 Å². The second-order valence-corrected chi connectivity index (χ2v) is 16.4. The number of aromatic nitrogens is 1. The molecule has 3 saturated carbocycles. The van der Waals surface area contributed by atoms with Gasteiger partial charge in [0.1, 0.15) is 23.5 Å². The lowest BCUT2D eigenvalue weighted by atomic mass is 9.93. The zero-order valence-electron chi connectivity index (χ0n) is 33.0. The van der Waals surface area contributed by atoms with Crippen molar-refractivity contribution in [3.05, 3.63) is 35.5 Å². The van der Waals surface area contributed by atoms with Crippen LogP contribution in [0.5, 0.6) is 5.75 Å². The van der Waals surface area contributed by atoms with E-state index in [1.54, 1.807) is 20.8 Å². The van der Waals surface area contributed by atoms with E-state index in [1.165, 1.54) is 6.07 Å². The zero-order chi connectivity index (χ0) is 39.9. The van der Waals surface area contributed by atoms with E-state index < -0.39 is 30.1 Å². The number of carbonyl (C=O) groups is 6. The Balaban J connectivity index is 1.03. The Bertz CT molecular complexity index is 1820. The predicted molar refractivity (Wildman–Crippen MR) is 208 cm³/mol. The highest BCUT2D eigenvalue weighted by atomic mass is 16.6. The fourth-order valence-corrected chi connectivity index (χ4v) is 8.06. The van der Waals surface area contributed by atoms with Crippen LogP contribution in [0.25, 0.3) is 10.9 Å². The van der Waals surface area contributed by atoms with Gasteiger partial charge in [0, 0.05) is 56.6 Å². The van der Waals surface area contributed by atoms with E-state index in [0.29, 0.717) is 48.9 Å². The van der Waals surface area contributed by atoms with E-state index in [9.17, 15) is 28.8 Å². The van der Waals surface area contributed by atoms with Gasteiger partial charge in [0.15, 0.2) is 6.61 Å². The van der Waals surface area contributed by atoms with Gasteiger partial charge in [-0.15, -0.1) is 0 Å². The van der Waals surface area contributed by atoms with Gasteiger partial charge in [-0.05, 0) is 101 Å². The number of carbonyl (C=O) groups excluding carboxylic acids is 6. The fraction of sp³-hybridized carbons (Fsp3) is 0.643. The van der Waals surface area contributed by atoms with Gasteiger partial charge >= 0.3 is 12.1 Å². The molecule has 308 valence electrons. The molecule has 2 atom stereocenters. The molecule has 5 aliphatic rings. The summed E-state index contributed by atoms with van der Waals surface area (Å²) in [5.74, 6) is -0.870. The molecule has 15 heteroatoms. The number of pyridine rings is 1. The van der Waals surface area contributed by atoms with Crippen LogP contribution in [0.15, 0.2) is 24.3 Å². The molecular formula is C42H56N6O9. The summed E-state index contributed by atoms with van der Waals surface area (Å²) in [6, 6.07) is 5.50. The number of hydrogen-bond acceptors (Lipinski definition) is 10. The summed E-state index contributed by atoms with van der Waals surface area (Å²) < 4.78 is 17.1. The first-order valence-electron chi connectivity index (χ1n) is 20.9. The van der Waals surface area contributed by atoms with Gasteiger partial charge in [0.2, 0.25) is 11.8 Å². The quantitative estimate of drug-likeness (QED) is 0.252. The molecule has 5 fully saturated rings. The van der Waals surface area contributed by atoms with Crippen LogP contribution in [0.2, 0.25) is 0 Å². The van der Waals surface area contributed by atoms with Crippen molar-refractivity contribution in [3.63, 3.8) is 0 Å². The molecule has 3 aliphatic carbocycles. The number of piperazine rings is 1. The van der Waals surface area contributed by atoms with Crippen LogP contribution in [0.1, 0.15) is 99.5 Å². The Morgan fingerprint density at radius 3 is 2.25 bits per heavy atom. The number of fused-ring (bicyclic) bond motifs is 1. The summed E-state index contributed by atoms with van der Waals surface area (Å²) >= 11 is 0. The molecule has 1 aromatic heterocycles. The lowest BCUT2D eigenvalue weighted by Crippen LogP contribution is -2.56. The van der Waals surface area contributed by atoms with Gasteiger partial charge in [0.05, 0.1) is 18.7 Å². The highest BCUT2D eigenvalue weighted by Gasteiger charge is 2.36. The summed E-state index contributed by atoms with van der Waals surface area (Å²) in [7, 11) is 0. The number of esters is 1. The van der Waals surface area contributed by atoms with Crippen molar-refractivity contribution in [2.75, 3.05) is 52.5 Å². The number of aryl methyl sites for hydroxylation is 1. The molecule has 2 aromatic rings. The summed E-state index contributed by atoms with van der Waals surface area (Å²) in [5, 5.41) is 6.49. The number of rotatable bonds is 15. The van der Waals surface area contributed by atoms with Gasteiger partial charge < -0.3 is 39.5 Å². The zero-order valence-corrected chi connectivity index (χ0v) is 33.0. The van der Waals surface area contributed by atoms with Crippen molar-refractivity contribution in [1.29, 1.82) is 0 Å². The minimum Gasteiger partial charge on any atom is -0.483 e. The molecule has 2 aliphatic heterocycles. The van der Waals surface area contributed by atoms with E-state index in [4.69, 9.17) is 14.2 Å². The van der Waals surface area contributed by atoms with Crippen molar-refractivity contribution in [3.8, 4) is 5.75 Å². The monoisotopic (exact) mass is 788 g/mol. The molecule has 0 radical (unpaired) electrons. The highest BCUT2D eigenvalue weighted by molar-refractivity contribution is 5.99. The van der Waals surface area contributed by atoms with E-state index in [-0.39, 0.29) is 80.8 Å². The lowest BCUT2D eigenvalue weighted by Gasteiger charge is -2.36. The van der Waals surface area contributed by atoms with Crippen molar-refractivity contribution in [2.45, 2.75) is 109 Å². The molecule has 2 N–H and O–H groups in total. The molecule has 0 bridgehead atoms. The molecule has 3 heterocycles. The van der Waals surface area contributed by atoms with Crippen LogP contribution < -0.4 is 15.4 Å². The van der Waals surface area contributed by atoms with Crippen LogP contribution in [-0.4, -0.2) is 126 Å². The molecule has 1 aromatic carbocycles. The van der Waals surface area contributed by atoms with Crippen LogP contribution in [0, 0.1) is 18.8 Å². The second kappa shape index (κ2) is 18.5. The summed E-state index contributed by atoms with van der Waals surface area (Å²) in [6.45, 7) is 3.83. The van der Waals surface area contributed by atoms with Gasteiger partial charge in [-0.25, -0.2) is 9.78 Å². The molecule has 57 heavy (non-hydrogen) atoms. The van der Waals surface area contributed by atoms with Crippen LogP contribution >= 0.6 is 0 Å². The molecular weight excluding hydrogens is 732 g/mol. The third kappa shape index (κ3) is 10.5. The van der Waals surface area contributed by atoms with Crippen LogP contribution in [0.3, 0.4) is 0 Å². The van der Waals surface area contributed by atoms with E-state index in [2.05, 4.69) is 15.6 Å². The first-order chi connectivity index (χ1) is 27.6. The van der Waals surface area contributed by atoms with Gasteiger partial charge in [-0.1, -0.05) is 18.9 Å². The average molecular weight is 789 g/mol. The maximum absolute atomic E-state index is 14.0. The molecule has 2 saturated heterocycles. The molecule has 7 rings (SSSR count). The first kappa shape index (κ1) is 40.3. The van der Waals surface area contributed by atoms with Gasteiger partial charge in [0.25, 0.3) is 11.8 Å². The van der Waals surface area contributed by atoms with E-state index in [0.717, 1.165) is 69.8 Å². The Morgan fingerprint density at radius 1 is 0.807 bits per heavy atom. The Morgan fingerprint density at radius 2 is 1.53 bits per heavy atom. The third-order valence-electron chi connectivity index (χ3n) is 12.0. The van der Waals surface area contributed by atoms with Crippen LogP contribution in [0.4, 0.5) is 4.79 Å². The summed E-state index contributed by atoms with van der Waals surface area (Å²) in [5.41, 5.74) is 1.33. The average Bonchev–Trinajstić information content (AvgIpc) is 3.62. The topological polar surface area (TPSA) is 177 Å². The number of nitrogens with one attached hydrogen (secondary N) is 2. The fourth-order valence-electron chi connectivity index (χ4n) is 8.06. The number of ether oxygens (including phenoxy) is 3. The van der Waals surface area contributed by atoms with Crippen LogP contribution in [-0.2, 0) is 28.7 Å². The molecule has 0 spiro atoms. The van der Waals surface area contributed by atoms with Crippen molar-refractivity contribution in [1.82, 2.24) is 30.3 Å². The maximum atomic E-state index is 14.0. The van der Waals surface area contributed by atoms with Gasteiger partial charge in [-0.2, -0.15) is 0 Å². The minimum atomic E-state index is -1.08. The first-order valence-corrected chi connectivity index (χ1v) is 20.9. The number of likely N-dealkylation sites (tertiary alicyclic amines) is 1. The summed E-state index contributed by atoms with van der Waals surface area (Å²) in [4.78, 5) is 89.3. The standard InChI is InChI=1S/C42H56N6O9/c1-27-11-14-31-33(22-27)44-34(23-36(31)55-26-37(49)48-17-5-10-35(48)40(52)43-30-8-4-9-30)39(51)45-32(15-16-38(50)56-24-28-6-2-3-7-28)41(53)46-18-20-47(21-19-46)42(54)57-25-29-12-13-29/h11,14,22-23,28-30,32,35H,2-10,12-13,15-21,24-26H2,1H3,(H,43,52)(H,45,51). The van der Waals surface area contributed by atoms with Crippen molar-refractivity contribution in [2.24, 2.45) is 11.8 Å². The lowest BCUT2D eigenvalue weighted by molar-refractivity contribution is -0.145. The Kier molecular flexibility index (Phi) is 13.1. The number of nitrogens with zero attached hydrogens (tertiary/aromatic N) is 4. The molecule has 5 amide bonds. The van der Waals surface area contributed by atoms with E-state index in [1.807, 2.05) is 19.1 Å². The molecule has 15 nitrogen and oxygen atoms in total. The number of amides is 5. The maximum Gasteiger partial charge on any atom is 0.409 e. The largest absolute Gasteiger partial charge is 0.483 e. The normalized spacial score (nSPS) is 20.5. The second-order valence-electron chi connectivity index (χ2n) is 16.4. The predicted octanol–water partition coefficient (Wildman–Crippen LogP) is 3.88. The Hall–Kier alpha value is -4.95. The smallest absolute Gasteiger partial charge is 0.409 e. The summed E-state index contributed by atoms with van der Waals surface area (Å²) in [6.07, 6.45) is 10.3. The number of hydrogen-bond donors (Lipinski definition) is 2. The third-order valence-corrected chi connectivity index (χ3v) is 12.0. The minimum absolute atomic E-state index is 0.00753. The van der Waals surface area contributed by atoms with Gasteiger partial charge in [-0.3, -0.25) is 24.0 Å². The van der Waals surface area contributed by atoms with E-state index >= 15 is 0 Å². The van der Waals surface area contributed by atoms with Crippen molar-refractivity contribution >= 4 is 46.6 Å². The number of benzene rings is 1. The SMILES string of the molecule is Cc1ccc2c(OCC(=O)N3CCCC3C(=O)NC3CCC3)cc(C(=O)NC(CCC(=O)OCC3CCCC3)C(=O)N3CCN(C(=O)OCC4CC4)CC3)nc2c1. The molecule has 2 unspecified atom stereocenters. The highest BCUT2D eigenvalue weighted by Crippen LogP contribution is 2.30. The van der Waals surface area contributed by atoms with Crippen molar-refractivity contribution < 1.29 is 43.0 Å².